The molecule has 3 atom stereocenters. The van der Waals surface area contributed by atoms with Crippen molar-refractivity contribution >= 4 is 28.4 Å². The van der Waals surface area contributed by atoms with Crippen LogP contribution in [-0.4, -0.2) is 61.7 Å². The van der Waals surface area contributed by atoms with E-state index in [-0.39, 0.29) is 23.3 Å². The summed E-state index contributed by atoms with van der Waals surface area (Å²) in [7, 11) is 1.66. The molecule has 41 heavy (non-hydrogen) atoms. The molecule has 0 aliphatic heterocycles. The third-order valence-electron chi connectivity index (χ3n) is 7.17. The van der Waals surface area contributed by atoms with E-state index in [0.29, 0.717) is 32.5 Å². The molecule has 10 nitrogen and oxygen atoms in total. The molecule has 0 fully saturated rings. The topological polar surface area (TPSA) is 170 Å². The number of anilines is 1. The van der Waals surface area contributed by atoms with Gasteiger partial charge in [-0.15, -0.1) is 0 Å². The first-order valence-corrected chi connectivity index (χ1v) is 15.0. The zero-order chi connectivity index (χ0) is 30.4. The number of carbonyl (C=O) groups excluding carboxylic acids is 2. The van der Waals surface area contributed by atoms with Crippen LogP contribution in [0.4, 0.5) is 5.69 Å². The lowest BCUT2D eigenvalue weighted by atomic mass is 9.91. The van der Waals surface area contributed by atoms with Gasteiger partial charge in [-0.3, -0.25) is 14.6 Å². The molecule has 0 saturated heterocycles. The summed E-state index contributed by atoms with van der Waals surface area (Å²) in [6, 6.07) is 6.99. The van der Waals surface area contributed by atoms with E-state index in [9.17, 15) is 9.59 Å². The van der Waals surface area contributed by atoms with E-state index in [1.807, 2.05) is 12.1 Å². The molecule has 2 amide bonds. The molecular weight excluding hydrogens is 518 g/mol. The first-order chi connectivity index (χ1) is 19.5. The fourth-order valence-corrected chi connectivity index (χ4v) is 4.61. The number of nitrogens with two attached hydrogens (primary N) is 3. The third kappa shape index (κ3) is 11.4. The first kappa shape index (κ1) is 34.3. The fourth-order valence-electron chi connectivity index (χ4n) is 4.61. The monoisotopic (exact) mass is 571 g/mol. The number of amides is 2. The highest BCUT2D eigenvalue weighted by molar-refractivity contribution is 5.92. The minimum atomic E-state index is -0.653. The lowest BCUT2D eigenvalue weighted by Gasteiger charge is -2.22. The summed E-state index contributed by atoms with van der Waals surface area (Å²) in [6.45, 7) is 10.2. The Morgan fingerprint density at radius 3 is 2.27 bits per heavy atom. The molecule has 1 unspecified atom stereocenters. The maximum absolute atomic E-state index is 13.0. The van der Waals surface area contributed by atoms with Crippen molar-refractivity contribution in [2.24, 2.45) is 17.2 Å². The fraction of sp³-hybridized carbons (Fsp3) is 0.645. The quantitative estimate of drug-likeness (QED) is 0.148. The van der Waals surface area contributed by atoms with Gasteiger partial charge >= 0.3 is 0 Å². The van der Waals surface area contributed by atoms with Gasteiger partial charge in [0.25, 0.3) is 0 Å². The van der Waals surface area contributed by atoms with Crippen molar-refractivity contribution < 1.29 is 14.3 Å². The zero-order valence-electron chi connectivity index (χ0n) is 25.7. The van der Waals surface area contributed by atoms with Gasteiger partial charge in [-0.05, 0) is 77.1 Å². The molecule has 2 rings (SSSR count). The highest BCUT2D eigenvalue weighted by Crippen LogP contribution is 2.31. The van der Waals surface area contributed by atoms with Crippen LogP contribution in [-0.2, 0) is 15.0 Å². The van der Waals surface area contributed by atoms with Gasteiger partial charge < -0.3 is 37.9 Å². The molecule has 0 bridgehead atoms. The maximum Gasteiger partial charge on any atom is 0.242 e. The first-order valence-electron chi connectivity index (χ1n) is 15.0. The normalized spacial score (nSPS) is 13.9. The molecule has 1 heterocycles. The lowest BCUT2D eigenvalue weighted by molar-refractivity contribution is -0.129. The average molecular weight is 572 g/mol. The predicted molar refractivity (Wildman–Crippen MR) is 168 cm³/mol. The second kappa shape index (κ2) is 17.1. The van der Waals surface area contributed by atoms with E-state index in [1.54, 1.807) is 7.11 Å². The molecule has 10 heteroatoms. The van der Waals surface area contributed by atoms with Crippen LogP contribution in [0, 0.1) is 0 Å². The highest BCUT2D eigenvalue weighted by Gasteiger charge is 2.23. The van der Waals surface area contributed by atoms with Gasteiger partial charge in [0.1, 0.15) is 11.8 Å². The number of pyridine rings is 1. The number of benzene rings is 1. The Balaban J connectivity index is 1.95. The van der Waals surface area contributed by atoms with Gasteiger partial charge in [0, 0.05) is 35.1 Å². The summed E-state index contributed by atoms with van der Waals surface area (Å²) in [5.74, 6) is 0.274. The van der Waals surface area contributed by atoms with Crippen molar-refractivity contribution in [3.63, 3.8) is 0 Å². The maximum atomic E-state index is 13.0. The van der Waals surface area contributed by atoms with Gasteiger partial charge in [0.15, 0.2) is 0 Å². The van der Waals surface area contributed by atoms with E-state index < -0.39 is 12.1 Å². The van der Waals surface area contributed by atoms with Crippen LogP contribution in [0.1, 0.15) is 84.8 Å². The van der Waals surface area contributed by atoms with Crippen molar-refractivity contribution in [2.75, 3.05) is 32.1 Å². The molecule has 0 aliphatic rings. The van der Waals surface area contributed by atoms with E-state index in [0.717, 1.165) is 66.6 Å². The van der Waals surface area contributed by atoms with Crippen molar-refractivity contribution in [3.05, 3.63) is 30.0 Å². The molecular formula is C31H53N7O3. The number of hydrogen-bond acceptors (Lipinski definition) is 8. The molecule has 1 aromatic carbocycles. The van der Waals surface area contributed by atoms with E-state index in [1.165, 1.54) is 0 Å². The number of nitrogens with one attached hydrogen (secondary N) is 3. The number of fused-ring (bicyclic) bond motifs is 1. The molecule has 2 aromatic rings. The van der Waals surface area contributed by atoms with Crippen LogP contribution in [0.5, 0.6) is 5.75 Å². The summed E-state index contributed by atoms with van der Waals surface area (Å²) < 4.78 is 5.53. The average Bonchev–Trinajstić information content (AvgIpc) is 2.93. The van der Waals surface area contributed by atoms with E-state index in [2.05, 4.69) is 55.8 Å². The second-order valence-corrected chi connectivity index (χ2v) is 11.9. The van der Waals surface area contributed by atoms with Crippen LogP contribution in [0.3, 0.4) is 0 Å². The van der Waals surface area contributed by atoms with Gasteiger partial charge in [0.05, 0.1) is 24.4 Å². The summed E-state index contributed by atoms with van der Waals surface area (Å²) in [5, 5.41) is 10.5. The minimum Gasteiger partial charge on any atom is -0.497 e. The van der Waals surface area contributed by atoms with Crippen LogP contribution in [0.25, 0.3) is 10.9 Å². The summed E-state index contributed by atoms with van der Waals surface area (Å²) in [4.78, 5) is 30.5. The number of unbranched alkanes of at least 4 members (excludes halogenated alkanes) is 2. The van der Waals surface area contributed by atoms with Crippen molar-refractivity contribution in [1.82, 2.24) is 15.6 Å². The molecule has 0 aliphatic carbocycles. The van der Waals surface area contributed by atoms with Crippen LogP contribution >= 0.6 is 0 Å². The van der Waals surface area contributed by atoms with Crippen molar-refractivity contribution in [2.45, 2.75) is 103 Å². The second-order valence-electron chi connectivity index (χ2n) is 11.9. The smallest absolute Gasteiger partial charge is 0.242 e. The zero-order valence-corrected chi connectivity index (χ0v) is 25.7. The Hall–Kier alpha value is -2.95. The predicted octanol–water partition coefficient (Wildman–Crippen LogP) is 3.31. The van der Waals surface area contributed by atoms with E-state index in [4.69, 9.17) is 26.9 Å². The van der Waals surface area contributed by atoms with Gasteiger partial charge in [-0.1, -0.05) is 33.3 Å². The Morgan fingerprint density at radius 1 is 0.951 bits per heavy atom. The third-order valence-corrected chi connectivity index (χ3v) is 7.17. The number of hydrogen-bond donors (Lipinski definition) is 6. The summed E-state index contributed by atoms with van der Waals surface area (Å²) >= 11 is 0. The molecule has 230 valence electrons. The number of nitrogens with zero attached hydrogens (tertiary/aromatic N) is 1. The van der Waals surface area contributed by atoms with Gasteiger partial charge in [-0.2, -0.15) is 0 Å². The van der Waals surface area contributed by atoms with Gasteiger partial charge in [0.2, 0.25) is 11.8 Å². The number of ether oxygens (including phenoxy) is 1. The van der Waals surface area contributed by atoms with E-state index >= 15 is 0 Å². The Morgan fingerprint density at radius 2 is 1.63 bits per heavy atom. The number of methoxy groups -OCH3 is 1. The minimum absolute atomic E-state index is 0.0631. The standard InChI is InChI=1S/C31H53N7O3/c1-21(36-26-20-23(41-5)19-22-14-15-27(31(2,3)4)38-28(22)26)11-10-18-35-30(40)25(13-7-9-17-33)37-29(39)24(34)12-6-8-16-32/h14-15,19-21,24-25,36H,6-13,16-18,32-34H2,1-5H3,(H,35,40)(H,37,39)/t21?,24-,25-/m1/s1. The highest BCUT2D eigenvalue weighted by atomic mass is 16.5. The number of aromatic nitrogens is 1. The van der Waals surface area contributed by atoms with Crippen LogP contribution < -0.4 is 37.9 Å². The Labute approximate surface area is 245 Å². The molecule has 0 saturated carbocycles. The number of rotatable bonds is 18. The van der Waals surface area contributed by atoms with Gasteiger partial charge in [-0.25, -0.2) is 0 Å². The molecule has 1 aromatic heterocycles. The van der Waals surface area contributed by atoms with Crippen LogP contribution in [0.2, 0.25) is 0 Å². The van der Waals surface area contributed by atoms with Crippen molar-refractivity contribution in [3.8, 4) is 5.75 Å². The Bertz CT molecular complexity index is 1100. The summed E-state index contributed by atoms with van der Waals surface area (Å²) in [6.07, 6.45) is 5.79. The molecule has 9 N–H and O–H groups in total. The molecule has 0 radical (unpaired) electrons. The number of carbonyl (C=O) groups is 2. The molecule has 0 spiro atoms. The van der Waals surface area contributed by atoms with Crippen LogP contribution in [0.15, 0.2) is 24.3 Å². The lowest BCUT2D eigenvalue weighted by Crippen LogP contribution is -2.51. The summed E-state index contributed by atoms with van der Waals surface area (Å²) in [5.41, 5.74) is 20.0. The Kier molecular flexibility index (Phi) is 14.3. The largest absolute Gasteiger partial charge is 0.497 e. The SMILES string of the molecule is COc1cc(NC(C)CCCNC(=O)[C@@H](CCCCN)NC(=O)[C@H](N)CCCCN)c2nc(C(C)(C)C)ccc2c1. The van der Waals surface area contributed by atoms with Crippen molar-refractivity contribution in [1.29, 1.82) is 0 Å².